The van der Waals surface area contributed by atoms with Gasteiger partial charge in [-0.1, -0.05) is 18.2 Å². The van der Waals surface area contributed by atoms with Gasteiger partial charge in [-0.25, -0.2) is 0 Å². The summed E-state index contributed by atoms with van der Waals surface area (Å²) in [5, 5.41) is 3.38. The summed E-state index contributed by atoms with van der Waals surface area (Å²) >= 11 is 0. The number of hydrogen-bond donors (Lipinski definition) is 1. The highest BCUT2D eigenvalue weighted by Crippen LogP contribution is 2.14. The number of hydrogen-bond acceptors (Lipinski definition) is 4. The minimum atomic E-state index is 0. The van der Waals surface area contributed by atoms with Gasteiger partial charge in [0.2, 0.25) is 0 Å². The van der Waals surface area contributed by atoms with Gasteiger partial charge in [0.15, 0.2) is 5.96 Å². The normalized spacial score (nSPS) is 15.1. The average Bonchev–Trinajstić information content (AvgIpc) is 2.69. The van der Waals surface area contributed by atoms with E-state index in [9.17, 15) is 0 Å². The third kappa shape index (κ3) is 10.2. The predicted octanol–water partition coefficient (Wildman–Crippen LogP) is 3.02. The molecule has 0 amide bonds. The smallest absolute Gasteiger partial charge is 0.193 e. The molecule has 1 fully saturated rings. The van der Waals surface area contributed by atoms with Crippen molar-refractivity contribution in [3.05, 3.63) is 30.3 Å². The van der Waals surface area contributed by atoms with Gasteiger partial charge in [0.1, 0.15) is 12.4 Å². The Morgan fingerprint density at radius 3 is 2.67 bits per heavy atom. The molecular weight excluding hydrogens is 457 g/mol. The predicted molar refractivity (Wildman–Crippen MR) is 120 cm³/mol. The van der Waals surface area contributed by atoms with Crippen LogP contribution in [0.25, 0.3) is 0 Å². The van der Waals surface area contributed by atoms with Crippen LogP contribution in [0.3, 0.4) is 0 Å². The summed E-state index contributed by atoms with van der Waals surface area (Å²) in [6.07, 6.45) is 3.22. The van der Waals surface area contributed by atoms with E-state index in [-0.39, 0.29) is 24.0 Å². The largest absolute Gasteiger partial charge is 0.492 e. The third-order valence-electron chi connectivity index (χ3n) is 4.45. The van der Waals surface area contributed by atoms with E-state index in [2.05, 4.69) is 15.2 Å². The standard InChI is InChI=1S/C20H33N3O3.HI/c1-21-20(23(2)12-16-26-19-7-4-3-5-8-19)22-11-6-13-25-17-18-9-14-24-15-10-18;/h3-5,7-8,18H,6,9-17H2,1-2H3,(H,21,22);1H. The Hall–Kier alpha value is -1.06. The Morgan fingerprint density at radius 2 is 1.96 bits per heavy atom. The molecule has 0 bridgehead atoms. The van der Waals surface area contributed by atoms with Crippen LogP contribution in [-0.2, 0) is 9.47 Å². The zero-order valence-electron chi connectivity index (χ0n) is 16.6. The molecule has 1 heterocycles. The molecule has 0 spiro atoms. The summed E-state index contributed by atoms with van der Waals surface area (Å²) < 4.78 is 16.9. The van der Waals surface area contributed by atoms with Crippen LogP contribution in [0.1, 0.15) is 19.3 Å². The SMILES string of the molecule is CN=C(NCCCOCC1CCOCC1)N(C)CCOc1ccccc1.I. The minimum Gasteiger partial charge on any atom is -0.492 e. The Balaban J connectivity index is 0.00000364. The van der Waals surface area contributed by atoms with Gasteiger partial charge in [-0.3, -0.25) is 4.99 Å². The fourth-order valence-electron chi connectivity index (χ4n) is 2.85. The van der Waals surface area contributed by atoms with Gasteiger partial charge >= 0.3 is 0 Å². The first-order chi connectivity index (χ1) is 12.8. The second-order valence-electron chi connectivity index (χ2n) is 6.54. The maximum absolute atomic E-state index is 5.79. The molecule has 1 aromatic carbocycles. The zero-order valence-corrected chi connectivity index (χ0v) is 18.9. The van der Waals surface area contributed by atoms with Crippen molar-refractivity contribution in [1.82, 2.24) is 10.2 Å². The number of halogens is 1. The van der Waals surface area contributed by atoms with Gasteiger partial charge in [0.25, 0.3) is 0 Å². The molecule has 0 saturated carbocycles. The second kappa shape index (κ2) is 14.9. The Labute approximate surface area is 180 Å². The van der Waals surface area contributed by atoms with Gasteiger partial charge in [-0.05, 0) is 37.3 Å². The Kier molecular flexibility index (Phi) is 13.3. The molecule has 1 N–H and O–H groups in total. The van der Waals surface area contributed by atoms with Gasteiger partial charge in [0, 0.05) is 47.1 Å². The molecule has 0 atom stereocenters. The summed E-state index contributed by atoms with van der Waals surface area (Å²) in [6.45, 7) is 5.64. The number of nitrogens with one attached hydrogen (secondary N) is 1. The molecule has 27 heavy (non-hydrogen) atoms. The average molecular weight is 491 g/mol. The number of rotatable bonds is 10. The van der Waals surface area contributed by atoms with Crippen LogP contribution in [-0.4, -0.2) is 71.1 Å². The number of likely N-dealkylation sites (N-methyl/N-ethyl adjacent to an activating group) is 1. The fourth-order valence-corrected chi connectivity index (χ4v) is 2.85. The topological polar surface area (TPSA) is 55.3 Å². The quantitative estimate of drug-likeness (QED) is 0.236. The number of ether oxygens (including phenoxy) is 3. The first-order valence-electron chi connectivity index (χ1n) is 9.54. The molecule has 1 aliphatic heterocycles. The maximum atomic E-state index is 5.79. The molecule has 2 rings (SSSR count). The van der Waals surface area contributed by atoms with E-state index in [1.54, 1.807) is 7.05 Å². The molecule has 1 saturated heterocycles. The summed E-state index contributed by atoms with van der Waals surface area (Å²) in [4.78, 5) is 6.40. The van der Waals surface area contributed by atoms with Crippen molar-refractivity contribution in [3.8, 4) is 5.75 Å². The van der Waals surface area contributed by atoms with E-state index >= 15 is 0 Å². The van der Waals surface area contributed by atoms with Crippen LogP contribution in [0.5, 0.6) is 5.75 Å². The van der Waals surface area contributed by atoms with E-state index in [4.69, 9.17) is 14.2 Å². The monoisotopic (exact) mass is 491 g/mol. The lowest BCUT2D eigenvalue weighted by atomic mass is 10.0. The lowest BCUT2D eigenvalue weighted by Crippen LogP contribution is -2.41. The first-order valence-corrected chi connectivity index (χ1v) is 9.54. The highest BCUT2D eigenvalue weighted by molar-refractivity contribution is 14.0. The number of benzene rings is 1. The van der Waals surface area contributed by atoms with Crippen LogP contribution in [0.15, 0.2) is 35.3 Å². The van der Waals surface area contributed by atoms with E-state index < -0.39 is 0 Å². The van der Waals surface area contributed by atoms with Gasteiger partial charge in [-0.2, -0.15) is 0 Å². The highest BCUT2D eigenvalue weighted by Gasteiger charge is 2.13. The van der Waals surface area contributed by atoms with Crippen molar-refractivity contribution in [2.75, 3.05) is 60.2 Å². The number of para-hydroxylation sites is 1. The van der Waals surface area contributed by atoms with Crippen LogP contribution in [0.4, 0.5) is 0 Å². The number of guanidine groups is 1. The molecular formula is C20H34IN3O3. The number of aliphatic imine (C=N–C) groups is 1. The van der Waals surface area contributed by atoms with E-state index in [1.807, 2.05) is 37.4 Å². The van der Waals surface area contributed by atoms with E-state index in [1.165, 1.54) is 0 Å². The van der Waals surface area contributed by atoms with Gasteiger partial charge in [-0.15, -0.1) is 24.0 Å². The molecule has 7 heteroatoms. The van der Waals surface area contributed by atoms with Crippen molar-refractivity contribution < 1.29 is 14.2 Å². The van der Waals surface area contributed by atoms with Gasteiger partial charge < -0.3 is 24.4 Å². The molecule has 0 aliphatic carbocycles. The third-order valence-corrected chi connectivity index (χ3v) is 4.45. The van der Waals surface area contributed by atoms with Crippen molar-refractivity contribution in [1.29, 1.82) is 0 Å². The van der Waals surface area contributed by atoms with Crippen LogP contribution >= 0.6 is 24.0 Å². The van der Waals surface area contributed by atoms with Crippen LogP contribution < -0.4 is 10.1 Å². The first kappa shape index (κ1) is 24.0. The molecule has 6 nitrogen and oxygen atoms in total. The van der Waals surface area contributed by atoms with Crippen molar-refractivity contribution >= 4 is 29.9 Å². The second-order valence-corrected chi connectivity index (χ2v) is 6.54. The highest BCUT2D eigenvalue weighted by atomic mass is 127. The molecule has 154 valence electrons. The molecule has 0 aromatic heterocycles. The summed E-state index contributed by atoms with van der Waals surface area (Å²) in [5.41, 5.74) is 0. The Morgan fingerprint density at radius 1 is 1.22 bits per heavy atom. The molecule has 1 aliphatic rings. The minimum absolute atomic E-state index is 0. The summed E-state index contributed by atoms with van der Waals surface area (Å²) in [7, 11) is 3.82. The Bertz CT molecular complexity index is 510. The molecule has 1 aromatic rings. The number of nitrogens with zero attached hydrogens (tertiary/aromatic N) is 2. The van der Waals surface area contributed by atoms with Crippen molar-refractivity contribution in [2.45, 2.75) is 19.3 Å². The fraction of sp³-hybridized carbons (Fsp3) is 0.650. The van der Waals surface area contributed by atoms with E-state index in [0.29, 0.717) is 12.5 Å². The zero-order chi connectivity index (χ0) is 18.5. The van der Waals surface area contributed by atoms with Crippen molar-refractivity contribution in [2.24, 2.45) is 10.9 Å². The summed E-state index contributed by atoms with van der Waals surface area (Å²) in [5.74, 6) is 2.44. The molecule has 0 unspecified atom stereocenters. The van der Waals surface area contributed by atoms with Crippen molar-refractivity contribution in [3.63, 3.8) is 0 Å². The van der Waals surface area contributed by atoms with E-state index in [0.717, 1.165) is 70.5 Å². The van der Waals surface area contributed by atoms with Crippen LogP contribution in [0.2, 0.25) is 0 Å². The van der Waals surface area contributed by atoms with Gasteiger partial charge in [0.05, 0.1) is 6.54 Å². The maximum Gasteiger partial charge on any atom is 0.193 e. The molecule has 0 radical (unpaired) electrons. The lowest BCUT2D eigenvalue weighted by Gasteiger charge is -2.23. The summed E-state index contributed by atoms with van der Waals surface area (Å²) in [6, 6.07) is 9.87. The lowest BCUT2D eigenvalue weighted by molar-refractivity contribution is 0.0203. The van der Waals surface area contributed by atoms with Crippen LogP contribution in [0, 0.1) is 5.92 Å².